The molecule has 84 valence electrons. The summed E-state index contributed by atoms with van der Waals surface area (Å²) < 4.78 is 13.5. The average molecular weight is 212 g/mol. The van der Waals surface area contributed by atoms with Gasteiger partial charge in [-0.25, -0.2) is 4.39 Å². The van der Waals surface area contributed by atoms with Gasteiger partial charge in [-0.2, -0.15) is 0 Å². The molecular formula is C11H17FN2O. The molecule has 4 heteroatoms. The molecule has 1 aromatic carbocycles. The van der Waals surface area contributed by atoms with Crippen molar-refractivity contribution in [2.45, 2.75) is 12.5 Å². The third-order valence-electron chi connectivity index (χ3n) is 2.32. The van der Waals surface area contributed by atoms with E-state index in [0.29, 0.717) is 17.7 Å². The Kier molecular flexibility index (Phi) is 4.05. The number of hydrogen-bond donors (Lipinski definition) is 2. The fourth-order valence-electron chi connectivity index (χ4n) is 1.42. The Morgan fingerprint density at radius 1 is 1.47 bits per heavy atom. The standard InChI is InChI=1S/C11H17FN2O/c1-14(2)11-4-3-8(7-9(11)12)10(13)5-6-15/h3-4,7,10,15H,5-6,13H2,1-2H3. The Morgan fingerprint density at radius 3 is 2.60 bits per heavy atom. The summed E-state index contributed by atoms with van der Waals surface area (Å²) in [4.78, 5) is 1.71. The molecule has 1 atom stereocenters. The minimum absolute atomic E-state index is 0.0121. The van der Waals surface area contributed by atoms with Crippen molar-refractivity contribution in [3.8, 4) is 0 Å². The number of nitrogens with two attached hydrogens (primary N) is 1. The molecule has 0 saturated carbocycles. The molecule has 0 bridgehead atoms. The van der Waals surface area contributed by atoms with Crippen molar-refractivity contribution in [1.29, 1.82) is 0 Å². The molecule has 15 heavy (non-hydrogen) atoms. The maximum Gasteiger partial charge on any atom is 0.146 e. The summed E-state index contributed by atoms with van der Waals surface area (Å²) in [7, 11) is 3.57. The summed E-state index contributed by atoms with van der Waals surface area (Å²) in [6.45, 7) is 0.0121. The van der Waals surface area contributed by atoms with Crippen LogP contribution in [0.15, 0.2) is 18.2 Å². The van der Waals surface area contributed by atoms with Crippen molar-refractivity contribution in [2.24, 2.45) is 5.73 Å². The van der Waals surface area contributed by atoms with Crippen LogP contribution in [0.3, 0.4) is 0 Å². The van der Waals surface area contributed by atoms with Gasteiger partial charge in [0.2, 0.25) is 0 Å². The van der Waals surface area contributed by atoms with Crippen LogP contribution in [0.4, 0.5) is 10.1 Å². The molecule has 0 saturated heterocycles. The predicted octanol–water partition coefficient (Wildman–Crippen LogP) is 1.27. The Morgan fingerprint density at radius 2 is 2.13 bits per heavy atom. The van der Waals surface area contributed by atoms with Crippen LogP contribution in [0.25, 0.3) is 0 Å². The van der Waals surface area contributed by atoms with Gasteiger partial charge >= 0.3 is 0 Å². The lowest BCUT2D eigenvalue weighted by atomic mass is 10.0. The van der Waals surface area contributed by atoms with Gasteiger partial charge in [0.15, 0.2) is 0 Å². The zero-order valence-corrected chi connectivity index (χ0v) is 9.07. The molecule has 0 aromatic heterocycles. The molecule has 1 unspecified atom stereocenters. The zero-order valence-electron chi connectivity index (χ0n) is 9.07. The summed E-state index contributed by atoms with van der Waals surface area (Å²) in [5.74, 6) is -0.286. The Labute approximate surface area is 89.3 Å². The first-order chi connectivity index (χ1) is 7.06. The third-order valence-corrected chi connectivity index (χ3v) is 2.32. The normalized spacial score (nSPS) is 12.6. The second-order valence-electron chi connectivity index (χ2n) is 3.72. The minimum atomic E-state index is -0.305. The van der Waals surface area contributed by atoms with Gasteiger partial charge in [-0.1, -0.05) is 6.07 Å². The number of benzene rings is 1. The second kappa shape index (κ2) is 5.09. The molecule has 3 nitrogen and oxygen atoms in total. The maximum absolute atomic E-state index is 13.5. The summed E-state index contributed by atoms with van der Waals surface area (Å²) in [5.41, 5.74) is 7.01. The van der Waals surface area contributed by atoms with Crippen LogP contribution >= 0.6 is 0 Å². The summed E-state index contributed by atoms with van der Waals surface area (Å²) >= 11 is 0. The van der Waals surface area contributed by atoms with Crippen molar-refractivity contribution < 1.29 is 9.50 Å². The van der Waals surface area contributed by atoms with Crippen molar-refractivity contribution >= 4 is 5.69 Å². The van der Waals surface area contributed by atoms with Crippen molar-refractivity contribution in [2.75, 3.05) is 25.6 Å². The van der Waals surface area contributed by atoms with E-state index in [1.165, 1.54) is 6.07 Å². The average Bonchev–Trinajstić information content (AvgIpc) is 2.17. The monoisotopic (exact) mass is 212 g/mol. The van der Waals surface area contributed by atoms with Crippen LogP contribution in [-0.4, -0.2) is 25.8 Å². The second-order valence-corrected chi connectivity index (χ2v) is 3.72. The van der Waals surface area contributed by atoms with E-state index in [0.717, 1.165) is 0 Å². The molecule has 0 fully saturated rings. The number of halogens is 1. The van der Waals surface area contributed by atoms with E-state index >= 15 is 0 Å². The van der Waals surface area contributed by atoms with E-state index in [2.05, 4.69) is 0 Å². The highest BCUT2D eigenvalue weighted by molar-refractivity contribution is 5.48. The first-order valence-electron chi connectivity index (χ1n) is 4.89. The molecule has 1 aromatic rings. The van der Waals surface area contributed by atoms with Gasteiger partial charge in [-0.05, 0) is 24.1 Å². The summed E-state index contributed by atoms with van der Waals surface area (Å²) in [6.07, 6.45) is 0.445. The smallest absolute Gasteiger partial charge is 0.146 e. The van der Waals surface area contributed by atoms with E-state index in [9.17, 15) is 4.39 Å². The molecule has 0 heterocycles. The van der Waals surface area contributed by atoms with Crippen molar-refractivity contribution in [3.63, 3.8) is 0 Å². The molecule has 3 N–H and O–H groups in total. The van der Waals surface area contributed by atoms with E-state index in [1.807, 2.05) is 0 Å². The Hall–Kier alpha value is -1.13. The van der Waals surface area contributed by atoms with Gasteiger partial charge in [0.25, 0.3) is 0 Å². The first-order valence-corrected chi connectivity index (χ1v) is 4.89. The molecule has 0 aliphatic rings. The van der Waals surface area contributed by atoms with Crippen LogP contribution in [0.1, 0.15) is 18.0 Å². The largest absolute Gasteiger partial charge is 0.396 e. The number of aliphatic hydroxyl groups is 1. The number of rotatable bonds is 4. The Bertz CT molecular complexity index is 328. The van der Waals surface area contributed by atoms with Crippen molar-refractivity contribution in [3.05, 3.63) is 29.6 Å². The number of aliphatic hydroxyl groups excluding tert-OH is 1. The van der Waals surface area contributed by atoms with Crippen LogP contribution in [0.5, 0.6) is 0 Å². The van der Waals surface area contributed by atoms with Crippen LogP contribution in [0.2, 0.25) is 0 Å². The van der Waals surface area contributed by atoms with Crippen molar-refractivity contribution in [1.82, 2.24) is 0 Å². The molecule has 0 amide bonds. The SMILES string of the molecule is CN(C)c1ccc(C(N)CCO)cc1F. The lowest BCUT2D eigenvalue weighted by Gasteiger charge is -2.16. The van der Waals surface area contributed by atoms with Gasteiger partial charge < -0.3 is 15.7 Å². The Balaban J connectivity index is 2.91. The molecule has 0 aliphatic heterocycles. The topological polar surface area (TPSA) is 49.5 Å². The maximum atomic E-state index is 13.5. The molecule has 0 radical (unpaired) electrons. The van der Waals surface area contributed by atoms with Gasteiger partial charge in [-0.3, -0.25) is 0 Å². The van der Waals surface area contributed by atoms with Gasteiger partial charge in [0.05, 0.1) is 5.69 Å². The first kappa shape index (κ1) is 11.9. The lowest BCUT2D eigenvalue weighted by molar-refractivity contribution is 0.276. The van der Waals surface area contributed by atoms with E-state index in [-0.39, 0.29) is 18.5 Å². The fraction of sp³-hybridized carbons (Fsp3) is 0.455. The van der Waals surface area contributed by atoms with Crippen LogP contribution in [0, 0.1) is 5.82 Å². The number of hydrogen-bond acceptors (Lipinski definition) is 3. The fourth-order valence-corrected chi connectivity index (χ4v) is 1.42. The van der Waals surface area contributed by atoms with E-state index < -0.39 is 0 Å². The van der Waals surface area contributed by atoms with E-state index in [1.54, 1.807) is 31.1 Å². The lowest BCUT2D eigenvalue weighted by Crippen LogP contribution is -2.14. The number of nitrogens with zero attached hydrogens (tertiary/aromatic N) is 1. The third kappa shape index (κ3) is 2.91. The summed E-state index contributed by atoms with van der Waals surface area (Å²) in [6, 6.07) is 4.61. The van der Waals surface area contributed by atoms with Crippen LogP contribution < -0.4 is 10.6 Å². The van der Waals surface area contributed by atoms with Gasteiger partial charge in [0.1, 0.15) is 5.82 Å². The van der Waals surface area contributed by atoms with Gasteiger partial charge in [-0.15, -0.1) is 0 Å². The number of anilines is 1. The molecule has 0 aliphatic carbocycles. The highest BCUT2D eigenvalue weighted by Gasteiger charge is 2.09. The predicted molar refractivity (Wildman–Crippen MR) is 59.4 cm³/mol. The molecule has 0 spiro atoms. The highest BCUT2D eigenvalue weighted by atomic mass is 19.1. The molecule has 1 rings (SSSR count). The quantitative estimate of drug-likeness (QED) is 0.790. The summed E-state index contributed by atoms with van der Waals surface area (Å²) in [5, 5.41) is 8.73. The minimum Gasteiger partial charge on any atom is -0.396 e. The van der Waals surface area contributed by atoms with Gasteiger partial charge in [0, 0.05) is 26.7 Å². The highest BCUT2D eigenvalue weighted by Crippen LogP contribution is 2.22. The van der Waals surface area contributed by atoms with E-state index in [4.69, 9.17) is 10.8 Å². The molecular weight excluding hydrogens is 195 g/mol. The van der Waals surface area contributed by atoms with Crippen LogP contribution in [-0.2, 0) is 0 Å². The zero-order chi connectivity index (χ0) is 11.4.